The van der Waals surface area contributed by atoms with Gasteiger partial charge in [-0.25, -0.2) is 4.79 Å². The fourth-order valence-electron chi connectivity index (χ4n) is 3.70. The molecule has 1 saturated heterocycles. The molecule has 1 unspecified atom stereocenters. The van der Waals surface area contributed by atoms with Crippen LogP contribution in [-0.2, 0) is 11.2 Å². The lowest BCUT2D eigenvalue weighted by Crippen LogP contribution is -2.46. The number of hydrogen-bond acceptors (Lipinski definition) is 4. The van der Waals surface area contributed by atoms with E-state index in [4.69, 9.17) is 4.74 Å². The first-order valence-electron chi connectivity index (χ1n) is 11.4. The fraction of sp³-hybridized carbons (Fsp3) is 0.667. The van der Waals surface area contributed by atoms with E-state index in [1.54, 1.807) is 0 Å². The first kappa shape index (κ1) is 25.0. The van der Waals surface area contributed by atoms with Crippen molar-refractivity contribution >= 4 is 17.7 Å². The van der Waals surface area contributed by atoms with E-state index in [2.05, 4.69) is 39.7 Å². The first-order chi connectivity index (χ1) is 14.7. The summed E-state index contributed by atoms with van der Waals surface area (Å²) in [7, 11) is 1.81. The SMILES string of the molecule is CN=C(NCCc1ccc(NC(=O)OC(C)(C)C)cc1)NCC1CCCN(C(C)C)C1. The zero-order valence-electron chi connectivity index (χ0n) is 20.1. The maximum absolute atomic E-state index is 11.9. The van der Waals surface area contributed by atoms with Crippen molar-refractivity contribution in [2.45, 2.75) is 65.5 Å². The van der Waals surface area contributed by atoms with Gasteiger partial charge in [0.1, 0.15) is 5.60 Å². The summed E-state index contributed by atoms with van der Waals surface area (Å²) in [5, 5.41) is 9.64. The Kier molecular flexibility index (Phi) is 9.62. The Morgan fingerprint density at radius 2 is 1.94 bits per heavy atom. The molecule has 1 heterocycles. The Hall–Kier alpha value is -2.28. The Bertz CT molecular complexity index is 710. The Labute approximate surface area is 188 Å². The van der Waals surface area contributed by atoms with Gasteiger partial charge in [-0.05, 0) is 84.0 Å². The van der Waals surface area contributed by atoms with Gasteiger partial charge in [-0.15, -0.1) is 0 Å². The zero-order valence-corrected chi connectivity index (χ0v) is 20.1. The first-order valence-corrected chi connectivity index (χ1v) is 11.4. The van der Waals surface area contributed by atoms with Crippen LogP contribution in [0, 0.1) is 5.92 Å². The van der Waals surface area contributed by atoms with E-state index < -0.39 is 11.7 Å². The molecule has 174 valence electrons. The maximum Gasteiger partial charge on any atom is 0.412 e. The molecule has 7 heteroatoms. The maximum atomic E-state index is 11.9. The van der Waals surface area contributed by atoms with Gasteiger partial charge in [0, 0.05) is 38.4 Å². The molecule has 1 aliphatic heterocycles. The predicted molar refractivity (Wildman–Crippen MR) is 129 cm³/mol. The number of benzene rings is 1. The molecule has 1 aromatic carbocycles. The van der Waals surface area contributed by atoms with Crippen molar-refractivity contribution in [3.05, 3.63) is 29.8 Å². The highest BCUT2D eigenvalue weighted by Crippen LogP contribution is 2.17. The van der Waals surface area contributed by atoms with Crippen molar-refractivity contribution in [2.75, 3.05) is 38.5 Å². The molecule has 3 N–H and O–H groups in total. The highest BCUT2D eigenvalue weighted by Gasteiger charge is 2.21. The molecular formula is C24H41N5O2. The largest absolute Gasteiger partial charge is 0.444 e. The third kappa shape index (κ3) is 9.59. The van der Waals surface area contributed by atoms with E-state index in [1.165, 1.54) is 24.9 Å². The van der Waals surface area contributed by atoms with E-state index in [9.17, 15) is 4.79 Å². The van der Waals surface area contributed by atoms with Crippen LogP contribution in [0.2, 0.25) is 0 Å². The van der Waals surface area contributed by atoms with Crippen molar-refractivity contribution in [1.29, 1.82) is 0 Å². The normalized spacial score (nSPS) is 18.0. The van der Waals surface area contributed by atoms with Crippen LogP contribution in [-0.4, -0.2) is 61.8 Å². The van der Waals surface area contributed by atoms with Crippen molar-refractivity contribution in [2.24, 2.45) is 10.9 Å². The van der Waals surface area contributed by atoms with Gasteiger partial charge in [0.05, 0.1) is 0 Å². The summed E-state index contributed by atoms with van der Waals surface area (Å²) in [6, 6.07) is 8.46. The molecule has 1 amide bonds. The lowest BCUT2D eigenvalue weighted by molar-refractivity contribution is 0.0636. The van der Waals surface area contributed by atoms with Gasteiger partial charge in [-0.2, -0.15) is 0 Å². The molecule has 1 atom stereocenters. The summed E-state index contributed by atoms with van der Waals surface area (Å²) in [6.45, 7) is 14.2. The summed E-state index contributed by atoms with van der Waals surface area (Å²) in [6.07, 6.45) is 2.98. The average molecular weight is 432 g/mol. The smallest absolute Gasteiger partial charge is 0.412 e. The van der Waals surface area contributed by atoms with E-state index in [1.807, 2.05) is 52.1 Å². The topological polar surface area (TPSA) is 78.0 Å². The van der Waals surface area contributed by atoms with Crippen LogP contribution in [0.4, 0.5) is 10.5 Å². The lowest BCUT2D eigenvalue weighted by Gasteiger charge is -2.35. The van der Waals surface area contributed by atoms with Crippen LogP contribution in [0.25, 0.3) is 0 Å². The van der Waals surface area contributed by atoms with Gasteiger partial charge in [-0.1, -0.05) is 12.1 Å². The molecular weight excluding hydrogens is 390 g/mol. The number of carbonyl (C=O) groups excluding carboxylic acids is 1. The zero-order chi connectivity index (χ0) is 22.9. The molecule has 0 bridgehead atoms. The molecule has 2 rings (SSSR count). The molecule has 0 aromatic heterocycles. The summed E-state index contributed by atoms with van der Waals surface area (Å²) in [4.78, 5) is 18.8. The monoisotopic (exact) mass is 431 g/mol. The molecule has 0 saturated carbocycles. The summed E-state index contributed by atoms with van der Waals surface area (Å²) in [5.41, 5.74) is 1.41. The van der Waals surface area contributed by atoms with Crippen LogP contribution in [0.3, 0.4) is 0 Å². The summed E-state index contributed by atoms with van der Waals surface area (Å²) >= 11 is 0. The second-order valence-corrected chi connectivity index (χ2v) is 9.55. The molecule has 1 aliphatic rings. The number of carbonyl (C=O) groups is 1. The fourth-order valence-corrected chi connectivity index (χ4v) is 3.70. The van der Waals surface area contributed by atoms with Crippen LogP contribution >= 0.6 is 0 Å². The van der Waals surface area contributed by atoms with E-state index in [0.29, 0.717) is 12.0 Å². The molecule has 0 aliphatic carbocycles. The second kappa shape index (κ2) is 11.9. The molecule has 0 radical (unpaired) electrons. The number of nitrogens with one attached hydrogen (secondary N) is 3. The molecule has 0 spiro atoms. The van der Waals surface area contributed by atoms with Gasteiger partial charge in [-0.3, -0.25) is 10.3 Å². The number of piperidine rings is 1. The van der Waals surface area contributed by atoms with E-state index in [0.717, 1.165) is 37.7 Å². The van der Waals surface area contributed by atoms with Crippen molar-refractivity contribution in [1.82, 2.24) is 15.5 Å². The number of likely N-dealkylation sites (tertiary alicyclic amines) is 1. The molecule has 1 aromatic rings. The van der Waals surface area contributed by atoms with Gasteiger partial charge < -0.3 is 20.3 Å². The number of guanidine groups is 1. The van der Waals surface area contributed by atoms with Crippen LogP contribution in [0.1, 0.15) is 53.0 Å². The Morgan fingerprint density at radius 3 is 2.55 bits per heavy atom. The van der Waals surface area contributed by atoms with Gasteiger partial charge in [0.15, 0.2) is 5.96 Å². The van der Waals surface area contributed by atoms with Crippen molar-refractivity contribution in [3.8, 4) is 0 Å². The molecule has 7 nitrogen and oxygen atoms in total. The average Bonchev–Trinajstić information content (AvgIpc) is 2.70. The molecule has 1 fully saturated rings. The quantitative estimate of drug-likeness (QED) is 0.451. The number of anilines is 1. The number of amides is 1. The third-order valence-electron chi connectivity index (χ3n) is 5.37. The van der Waals surface area contributed by atoms with Gasteiger partial charge >= 0.3 is 6.09 Å². The number of rotatable bonds is 7. The number of ether oxygens (including phenoxy) is 1. The van der Waals surface area contributed by atoms with Gasteiger partial charge in [0.25, 0.3) is 0 Å². The van der Waals surface area contributed by atoms with E-state index in [-0.39, 0.29) is 0 Å². The van der Waals surface area contributed by atoms with Crippen molar-refractivity contribution in [3.63, 3.8) is 0 Å². The Morgan fingerprint density at radius 1 is 1.23 bits per heavy atom. The summed E-state index contributed by atoms with van der Waals surface area (Å²) < 4.78 is 5.28. The highest BCUT2D eigenvalue weighted by atomic mass is 16.6. The minimum absolute atomic E-state index is 0.439. The second-order valence-electron chi connectivity index (χ2n) is 9.55. The van der Waals surface area contributed by atoms with Crippen LogP contribution in [0.5, 0.6) is 0 Å². The highest BCUT2D eigenvalue weighted by molar-refractivity contribution is 5.84. The number of nitrogens with zero attached hydrogens (tertiary/aromatic N) is 2. The van der Waals surface area contributed by atoms with Crippen LogP contribution < -0.4 is 16.0 Å². The lowest BCUT2D eigenvalue weighted by atomic mass is 9.97. The van der Waals surface area contributed by atoms with E-state index >= 15 is 0 Å². The number of hydrogen-bond donors (Lipinski definition) is 3. The summed E-state index contributed by atoms with van der Waals surface area (Å²) in [5.74, 6) is 1.52. The van der Waals surface area contributed by atoms with Crippen LogP contribution in [0.15, 0.2) is 29.3 Å². The van der Waals surface area contributed by atoms with Gasteiger partial charge in [0.2, 0.25) is 0 Å². The minimum Gasteiger partial charge on any atom is -0.444 e. The number of aliphatic imine (C=N–C) groups is 1. The van der Waals surface area contributed by atoms with Crippen molar-refractivity contribution < 1.29 is 9.53 Å². The third-order valence-corrected chi connectivity index (χ3v) is 5.37. The minimum atomic E-state index is -0.507. The Balaban J connectivity index is 1.70. The standard InChI is InChI=1S/C24H41N5O2/c1-18(2)29-15-7-8-20(17-29)16-27-22(25-6)26-14-13-19-9-11-21(12-10-19)28-23(30)31-24(3,4)5/h9-12,18,20H,7-8,13-17H2,1-6H3,(H,28,30)(H2,25,26,27). The molecule has 31 heavy (non-hydrogen) atoms. The predicted octanol–water partition coefficient (Wildman–Crippen LogP) is 3.86.